The molecule has 0 unspecified atom stereocenters. The quantitative estimate of drug-likeness (QED) is 0.679. The Bertz CT molecular complexity index is 790. The summed E-state index contributed by atoms with van der Waals surface area (Å²) >= 11 is 0. The van der Waals surface area contributed by atoms with Crippen LogP contribution in [0.3, 0.4) is 0 Å². The largest absolute Gasteiger partial charge is 0.496 e. The Kier molecular flexibility index (Phi) is 7.49. The number of rotatable bonds is 9. The molecule has 0 atom stereocenters. The third-order valence-electron chi connectivity index (χ3n) is 3.85. The van der Waals surface area contributed by atoms with E-state index in [1.807, 2.05) is 24.3 Å². The van der Waals surface area contributed by atoms with E-state index in [0.29, 0.717) is 30.0 Å². The van der Waals surface area contributed by atoms with Gasteiger partial charge in [-0.1, -0.05) is 18.2 Å². The fraction of sp³-hybridized carbons (Fsp3) is 0.300. The molecule has 0 aliphatic heterocycles. The van der Waals surface area contributed by atoms with E-state index in [9.17, 15) is 9.59 Å². The van der Waals surface area contributed by atoms with Gasteiger partial charge in [-0.2, -0.15) is 0 Å². The molecule has 7 nitrogen and oxygen atoms in total. The van der Waals surface area contributed by atoms with Gasteiger partial charge in [0.15, 0.2) is 18.1 Å². The molecule has 0 spiro atoms. The van der Waals surface area contributed by atoms with Gasteiger partial charge in [0, 0.05) is 6.54 Å². The van der Waals surface area contributed by atoms with Gasteiger partial charge < -0.3 is 24.3 Å². The molecule has 0 bridgehead atoms. The fourth-order valence-corrected chi connectivity index (χ4v) is 2.47. The molecular weight excluding hydrogens is 350 g/mol. The van der Waals surface area contributed by atoms with Gasteiger partial charge >= 0.3 is 5.97 Å². The molecule has 0 saturated heterocycles. The minimum absolute atomic E-state index is 0.167. The number of carbonyl (C=O) groups is 2. The molecule has 0 radical (unpaired) electrons. The third kappa shape index (κ3) is 5.64. The van der Waals surface area contributed by atoms with E-state index in [0.717, 1.165) is 11.3 Å². The zero-order chi connectivity index (χ0) is 19.6. The topological polar surface area (TPSA) is 83.1 Å². The van der Waals surface area contributed by atoms with Gasteiger partial charge in [-0.05, 0) is 36.2 Å². The summed E-state index contributed by atoms with van der Waals surface area (Å²) in [6.07, 6.45) is 0.646. The minimum atomic E-state index is -0.478. The molecule has 7 heteroatoms. The van der Waals surface area contributed by atoms with E-state index in [2.05, 4.69) is 10.1 Å². The van der Waals surface area contributed by atoms with Crippen LogP contribution in [0.15, 0.2) is 42.5 Å². The lowest BCUT2D eigenvalue weighted by molar-refractivity contribution is -0.123. The van der Waals surface area contributed by atoms with Crippen LogP contribution in [0.5, 0.6) is 17.2 Å². The van der Waals surface area contributed by atoms with Crippen LogP contribution in [-0.4, -0.2) is 46.4 Å². The predicted molar refractivity (Wildman–Crippen MR) is 99.5 cm³/mol. The number of hydrogen-bond donors (Lipinski definition) is 1. The first kappa shape index (κ1) is 20.1. The van der Waals surface area contributed by atoms with Gasteiger partial charge in [0.1, 0.15) is 5.75 Å². The summed E-state index contributed by atoms with van der Waals surface area (Å²) in [6.45, 7) is 0.292. The van der Waals surface area contributed by atoms with Crippen LogP contribution in [0.1, 0.15) is 15.9 Å². The third-order valence-corrected chi connectivity index (χ3v) is 3.85. The van der Waals surface area contributed by atoms with Crippen LogP contribution in [-0.2, 0) is 16.0 Å². The van der Waals surface area contributed by atoms with Crippen LogP contribution < -0.4 is 19.5 Å². The smallest absolute Gasteiger partial charge is 0.337 e. The Labute approximate surface area is 158 Å². The van der Waals surface area contributed by atoms with E-state index in [4.69, 9.17) is 14.2 Å². The monoisotopic (exact) mass is 373 g/mol. The molecular formula is C20H23NO6. The van der Waals surface area contributed by atoms with Crippen molar-refractivity contribution in [3.05, 3.63) is 53.6 Å². The van der Waals surface area contributed by atoms with E-state index in [1.165, 1.54) is 20.3 Å². The van der Waals surface area contributed by atoms with Crippen LogP contribution in [0, 0.1) is 0 Å². The molecule has 2 rings (SSSR count). The van der Waals surface area contributed by atoms with Gasteiger partial charge in [-0.15, -0.1) is 0 Å². The number of para-hydroxylation sites is 1. The number of benzene rings is 2. The molecule has 144 valence electrons. The maximum atomic E-state index is 12.0. The zero-order valence-electron chi connectivity index (χ0n) is 15.6. The molecule has 1 amide bonds. The molecule has 0 fully saturated rings. The molecule has 2 aromatic rings. The second-order valence-corrected chi connectivity index (χ2v) is 5.56. The first-order chi connectivity index (χ1) is 13.1. The average Bonchev–Trinajstić information content (AvgIpc) is 2.71. The molecule has 0 aromatic heterocycles. The van der Waals surface area contributed by atoms with Crippen molar-refractivity contribution in [1.29, 1.82) is 0 Å². The van der Waals surface area contributed by atoms with Crippen molar-refractivity contribution < 1.29 is 28.5 Å². The van der Waals surface area contributed by atoms with Gasteiger partial charge in [0.05, 0.1) is 26.9 Å². The lowest BCUT2D eigenvalue weighted by Gasteiger charge is -2.12. The SMILES string of the molecule is COC(=O)c1ccc(OCC(=O)NCCc2ccccc2OC)c(OC)c1. The van der Waals surface area contributed by atoms with E-state index >= 15 is 0 Å². The van der Waals surface area contributed by atoms with Crippen molar-refractivity contribution in [2.24, 2.45) is 0 Å². The number of ether oxygens (including phenoxy) is 4. The minimum Gasteiger partial charge on any atom is -0.496 e. The van der Waals surface area contributed by atoms with Crippen molar-refractivity contribution >= 4 is 11.9 Å². The molecule has 27 heavy (non-hydrogen) atoms. The van der Waals surface area contributed by atoms with Crippen LogP contribution in [0.2, 0.25) is 0 Å². The van der Waals surface area contributed by atoms with Gasteiger partial charge in [-0.3, -0.25) is 4.79 Å². The highest BCUT2D eigenvalue weighted by atomic mass is 16.5. The van der Waals surface area contributed by atoms with E-state index in [1.54, 1.807) is 19.2 Å². The number of carbonyl (C=O) groups excluding carboxylic acids is 2. The van der Waals surface area contributed by atoms with Gasteiger partial charge in [-0.25, -0.2) is 4.79 Å². The highest BCUT2D eigenvalue weighted by molar-refractivity contribution is 5.90. The van der Waals surface area contributed by atoms with Crippen molar-refractivity contribution in [2.45, 2.75) is 6.42 Å². The molecule has 1 N–H and O–H groups in total. The highest BCUT2D eigenvalue weighted by Gasteiger charge is 2.12. The van der Waals surface area contributed by atoms with Crippen LogP contribution >= 0.6 is 0 Å². The number of amides is 1. The summed E-state index contributed by atoms with van der Waals surface area (Å²) in [5, 5.41) is 2.79. The summed E-state index contributed by atoms with van der Waals surface area (Å²) in [5.74, 6) is 0.765. The predicted octanol–water partition coefficient (Wildman–Crippen LogP) is 2.23. The van der Waals surface area contributed by atoms with Crippen LogP contribution in [0.25, 0.3) is 0 Å². The highest BCUT2D eigenvalue weighted by Crippen LogP contribution is 2.28. The number of hydrogen-bond acceptors (Lipinski definition) is 6. The van der Waals surface area contributed by atoms with Crippen molar-refractivity contribution in [1.82, 2.24) is 5.32 Å². The normalized spacial score (nSPS) is 10.0. The Hall–Kier alpha value is -3.22. The molecule has 0 saturated carbocycles. The molecule has 0 aliphatic rings. The second kappa shape index (κ2) is 10.1. The summed E-state index contributed by atoms with van der Waals surface area (Å²) in [6, 6.07) is 12.3. The summed E-state index contributed by atoms with van der Waals surface area (Å²) in [5.41, 5.74) is 1.35. The van der Waals surface area contributed by atoms with E-state index < -0.39 is 5.97 Å². The summed E-state index contributed by atoms with van der Waals surface area (Å²) in [4.78, 5) is 23.5. The van der Waals surface area contributed by atoms with Gasteiger partial charge in [0.2, 0.25) is 0 Å². The molecule has 0 aliphatic carbocycles. The van der Waals surface area contributed by atoms with Crippen molar-refractivity contribution in [2.75, 3.05) is 34.5 Å². The summed E-state index contributed by atoms with van der Waals surface area (Å²) in [7, 11) is 4.37. The Morgan fingerprint density at radius 2 is 1.67 bits per heavy atom. The second-order valence-electron chi connectivity index (χ2n) is 5.56. The Morgan fingerprint density at radius 3 is 2.37 bits per heavy atom. The maximum Gasteiger partial charge on any atom is 0.337 e. The van der Waals surface area contributed by atoms with Gasteiger partial charge in [0.25, 0.3) is 5.91 Å². The van der Waals surface area contributed by atoms with Crippen LogP contribution in [0.4, 0.5) is 0 Å². The average molecular weight is 373 g/mol. The van der Waals surface area contributed by atoms with Crippen molar-refractivity contribution in [3.63, 3.8) is 0 Å². The number of esters is 1. The molecule has 0 heterocycles. The number of methoxy groups -OCH3 is 3. The summed E-state index contributed by atoms with van der Waals surface area (Å²) < 4.78 is 20.6. The Morgan fingerprint density at radius 1 is 0.926 bits per heavy atom. The first-order valence-corrected chi connectivity index (χ1v) is 8.36. The Balaban J connectivity index is 1.85. The molecule has 2 aromatic carbocycles. The maximum absolute atomic E-state index is 12.0. The number of nitrogens with one attached hydrogen (secondary N) is 1. The lowest BCUT2D eigenvalue weighted by atomic mass is 10.1. The van der Waals surface area contributed by atoms with E-state index in [-0.39, 0.29) is 12.5 Å². The zero-order valence-corrected chi connectivity index (χ0v) is 15.6. The fourth-order valence-electron chi connectivity index (χ4n) is 2.47. The first-order valence-electron chi connectivity index (χ1n) is 8.36. The van der Waals surface area contributed by atoms with Crippen molar-refractivity contribution in [3.8, 4) is 17.2 Å². The lowest BCUT2D eigenvalue weighted by Crippen LogP contribution is -2.30. The standard InChI is InChI=1S/C20H23NO6/c1-24-16-7-5-4-6-14(16)10-11-21-19(22)13-27-17-9-8-15(20(23)26-3)12-18(17)25-2/h4-9,12H,10-11,13H2,1-3H3,(H,21,22).